The molecule has 1 amide bonds. The van der Waals surface area contributed by atoms with Crippen molar-refractivity contribution in [2.75, 3.05) is 32.8 Å². The first-order valence-electron chi connectivity index (χ1n) is 9.18. The zero-order valence-electron chi connectivity index (χ0n) is 15.7. The molecule has 1 N–H and O–H groups in total. The van der Waals surface area contributed by atoms with Crippen LogP contribution in [-0.4, -0.2) is 54.9 Å². The summed E-state index contributed by atoms with van der Waals surface area (Å²) >= 11 is 0. The van der Waals surface area contributed by atoms with E-state index in [0.717, 1.165) is 31.9 Å². The first-order valence-corrected chi connectivity index (χ1v) is 9.18. The molecule has 1 aliphatic heterocycles. The van der Waals surface area contributed by atoms with E-state index in [1.165, 1.54) is 5.56 Å². The standard InChI is InChI=1S/C20H27N3O3/c1-14(2)18(23-8-10-25-11-9-23)13-21-20(24)17-12-19(26-22-17)16-6-4-15(3)5-7-16/h4-7,12,14,18H,8-11,13H2,1-3H3,(H,21,24)/t18-/m1/s1. The molecule has 6 nitrogen and oxygen atoms in total. The zero-order chi connectivity index (χ0) is 18.5. The molecule has 2 aromatic rings. The molecular formula is C20H27N3O3. The van der Waals surface area contributed by atoms with Crippen LogP contribution in [0.5, 0.6) is 0 Å². The van der Waals surface area contributed by atoms with E-state index >= 15 is 0 Å². The summed E-state index contributed by atoms with van der Waals surface area (Å²) in [6.45, 7) is 10.3. The summed E-state index contributed by atoms with van der Waals surface area (Å²) in [6, 6.07) is 9.92. The highest BCUT2D eigenvalue weighted by molar-refractivity contribution is 5.93. The number of rotatable bonds is 6. The van der Waals surface area contributed by atoms with Crippen molar-refractivity contribution in [3.8, 4) is 11.3 Å². The molecule has 3 rings (SSSR count). The van der Waals surface area contributed by atoms with Gasteiger partial charge in [-0.2, -0.15) is 0 Å². The predicted octanol–water partition coefficient (Wildman–Crippen LogP) is 2.74. The molecule has 1 atom stereocenters. The Morgan fingerprint density at radius 1 is 1.23 bits per heavy atom. The van der Waals surface area contributed by atoms with Crippen LogP contribution in [0.15, 0.2) is 34.9 Å². The average molecular weight is 357 g/mol. The van der Waals surface area contributed by atoms with Gasteiger partial charge in [-0.1, -0.05) is 48.8 Å². The van der Waals surface area contributed by atoms with Crippen LogP contribution < -0.4 is 5.32 Å². The fraction of sp³-hybridized carbons (Fsp3) is 0.500. The maximum atomic E-state index is 12.5. The van der Waals surface area contributed by atoms with Crippen LogP contribution in [0.4, 0.5) is 0 Å². The van der Waals surface area contributed by atoms with Gasteiger partial charge in [-0.3, -0.25) is 9.69 Å². The van der Waals surface area contributed by atoms with Crippen molar-refractivity contribution in [3.05, 3.63) is 41.6 Å². The van der Waals surface area contributed by atoms with Gasteiger partial charge in [0.2, 0.25) is 0 Å². The summed E-state index contributed by atoms with van der Waals surface area (Å²) in [7, 11) is 0. The third-order valence-corrected chi connectivity index (χ3v) is 4.83. The minimum atomic E-state index is -0.203. The lowest BCUT2D eigenvalue weighted by molar-refractivity contribution is 0.00671. The van der Waals surface area contributed by atoms with Crippen molar-refractivity contribution in [2.45, 2.75) is 26.8 Å². The van der Waals surface area contributed by atoms with Crippen LogP contribution in [0.2, 0.25) is 0 Å². The van der Waals surface area contributed by atoms with Crippen LogP contribution in [-0.2, 0) is 4.74 Å². The van der Waals surface area contributed by atoms with Gasteiger partial charge in [0.1, 0.15) is 0 Å². The quantitative estimate of drug-likeness (QED) is 0.861. The van der Waals surface area contributed by atoms with Gasteiger partial charge >= 0.3 is 0 Å². The lowest BCUT2D eigenvalue weighted by Gasteiger charge is -2.36. The summed E-state index contributed by atoms with van der Waals surface area (Å²) < 4.78 is 10.8. The number of aryl methyl sites for hydroxylation is 1. The lowest BCUT2D eigenvalue weighted by Crippen LogP contribution is -2.51. The second-order valence-corrected chi connectivity index (χ2v) is 7.11. The highest BCUT2D eigenvalue weighted by atomic mass is 16.5. The van der Waals surface area contributed by atoms with E-state index in [0.29, 0.717) is 23.9 Å². The van der Waals surface area contributed by atoms with E-state index in [4.69, 9.17) is 9.26 Å². The van der Waals surface area contributed by atoms with Crippen molar-refractivity contribution >= 4 is 5.91 Å². The Morgan fingerprint density at radius 3 is 2.58 bits per heavy atom. The molecular weight excluding hydrogens is 330 g/mol. The molecule has 0 spiro atoms. The number of carbonyl (C=O) groups is 1. The highest BCUT2D eigenvalue weighted by Gasteiger charge is 2.25. The molecule has 1 aliphatic rings. The number of nitrogens with one attached hydrogen (secondary N) is 1. The Labute approximate surface area is 154 Å². The second-order valence-electron chi connectivity index (χ2n) is 7.11. The number of nitrogens with zero attached hydrogens (tertiary/aromatic N) is 2. The maximum Gasteiger partial charge on any atom is 0.273 e. The normalized spacial score (nSPS) is 16.6. The number of carbonyl (C=O) groups excluding carboxylic acids is 1. The molecule has 1 saturated heterocycles. The summed E-state index contributed by atoms with van der Waals surface area (Å²) in [5, 5.41) is 6.94. The van der Waals surface area contributed by atoms with Crippen molar-refractivity contribution in [1.82, 2.24) is 15.4 Å². The third kappa shape index (κ3) is 4.51. The van der Waals surface area contributed by atoms with E-state index in [-0.39, 0.29) is 11.9 Å². The highest BCUT2D eigenvalue weighted by Crippen LogP contribution is 2.21. The van der Waals surface area contributed by atoms with Gasteiger partial charge in [0.25, 0.3) is 5.91 Å². The molecule has 0 saturated carbocycles. The Kier molecular flexibility index (Phi) is 6.06. The number of amides is 1. The van der Waals surface area contributed by atoms with Gasteiger partial charge in [0, 0.05) is 37.3 Å². The van der Waals surface area contributed by atoms with Gasteiger partial charge in [-0.25, -0.2) is 0 Å². The number of ether oxygens (including phenoxy) is 1. The summed E-state index contributed by atoms with van der Waals surface area (Å²) in [5.74, 6) is 0.837. The number of morpholine rings is 1. The molecule has 0 bridgehead atoms. The minimum absolute atomic E-state index is 0.203. The van der Waals surface area contributed by atoms with Gasteiger partial charge in [0.15, 0.2) is 11.5 Å². The molecule has 26 heavy (non-hydrogen) atoms. The Hall–Kier alpha value is -2.18. The molecule has 0 radical (unpaired) electrons. The smallest absolute Gasteiger partial charge is 0.273 e. The first kappa shape index (κ1) is 18.6. The largest absolute Gasteiger partial charge is 0.379 e. The van der Waals surface area contributed by atoms with Crippen molar-refractivity contribution in [1.29, 1.82) is 0 Å². The van der Waals surface area contributed by atoms with Gasteiger partial charge < -0.3 is 14.6 Å². The maximum absolute atomic E-state index is 12.5. The van der Waals surface area contributed by atoms with Crippen molar-refractivity contribution < 1.29 is 14.1 Å². The molecule has 0 aliphatic carbocycles. The molecule has 6 heteroatoms. The summed E-state index contributed by atoms with van der Waals surface area (Å²) in [5.41, 5.74) is 2.40. The number of hydrogen-bond donors (Lipinski definition) is 1. The lowest BCUT2D eigenvalue weighted by atomic mass is 10.0. The molecule has 0 unspecified atom stereocenters. The number of hydrogen-bond acceptors (Lipinski definition) is 5. The van der Waals surface area contributed by atoms with E-state index in [1.807, 2.05) is 31.2 Å². The van der Waals surface area contributed by atoms with Gasteiger partial charge in [0.05, 0.1) is 13.2 Å². The molecule has 1 aromatic carbocycles. The molecule has 1 aromatic heterocycles. The molecule has 140 valence electrons. The minimum Gasteiger partial charge on any atom is -0.379 e. The van der Waals surface area contributed by atoms with Crippen LogP contribution in [0.3, 0.4) is 0 Å². The van der Waals surface area contributed by atoms with Gasteiger partial charge in [-0.15, -0.1) is 0 Å². The number of benzene rings is 1. The topological polar surface area (TPSA) is 67.6 Å². The van der Waals surface area contributed by atoms with E-state index in [1.54, 1.807) is 6.07 Å². The van der Waals surface area contributed by atoms with Gasteiger partial charge in [-0.05, 0) is 12.8 Å². The van der Waals surface area contributed by atoms with Crippen LogP contribution in [0, 0.1) is 12.8 Å². The first-order chi connectivity index (χ1) is 12.5. The molecule has 1 fully saturated rings. The predicted molar refractivity (Wildman–Crippen MR) is 100 cm³/mol. The second kappa shape index (κ2) is 8.47. The molecule has 2 heterocycles. The van der Waals surface area contributed by atoms with Crippen LogP contribution in [0.25, 0.3) is 11.3 Å². The van der Waals surface area contributed by atoms with Crippen LogP contribution in [0.1, 0.15) is 29.9 Å². The van der Waals surface area contributed by atoms with Crippen molar-refractivity contribution in [2.24, 2.45) is 5.92 Å². The Morgan fingerprint density at radius 2 is 1.92 bits per heavy atom. The average Bonchev–Trinajstić information content (AvgIpc) is 3.13. The Bertz CT molecular complexity index is 718. The number of aromatic nitrogens is 1. The third-order valence-electron chi connectivity index (χ3n) is 4.83. The van der Waals surface area contributed by atoms with E-state index < -0.39 is 0 Å². The van der Waals surface area contributed by atoms with E-state index in [2.05, 4.69) is 29.2 Å². The fourth-order valence-corrected chi connectivity index (χ4v) is 3.22. The van der Waals surface area contributed by atoms with E-state index in [9.17, 15) is 4.79 Å². The van der Waals surface area contributed by atoms with Crippen LogP contribution >= 0.6 is 0 Å². The summed E-state index contributed by atoms with van der Waals surface area (Å²) in [6.07, 6.45) is 0. The summed E-state index contributed by atoms with van der Waals surface area (Å²) in [4.78, 5) is 14.9. The monoisotopic (exact) mass is 357 g/mol. The SMILES string of the molecule is Cc1ccc(-c2cc(C(=O)NC[C@H](C(C)C)N3CCOCC3)no2)cc1. The fourth-order valence-electron chi connectivity index (χ4n) is 3.22. The Balaban J connectivity index is 1.61. The van der Waals surface area contributed by atoms with Crippen molar-refractivity contribution in [3.63, 3.8) is 0 Å². The zero-order valence-corrected chi connectivity index (χ0v) is 15.7.